The molecule has 2 aromatic carbocycles. The van der Waals surface area contributed by atoms with Gasteiger partial charge < -0.3 is 24.4 Å². The summed E-state index contributed by atoms with van der Waals surface area (Å²) in [5, 5.41) is 2.97. The molecule has 37 heavy (non-hydrogen) atoms. The Balaban J connectivity index is 1.33. The van der Waals surface area contributed by atoms with Crippen molar-refractivity contribution in [1.29, 1.82) is 0 Å². The van der Waals surface area contributed by atoms with E-state index in [-0.39, 0.29) is 30.4 Å². The molecule has 0 aliphatic carbocycles. The smallest absolute Gasteiger partial charge is 0.256 e. The summed E-state index contributed by atoms with van der Waals surface area (Å²) in [5.41, 5.74) is 0.0923. The third kappa shape index (κ3) is 5.19. The second kappa shape index (κ2) is 10.9. The van der Waals surface area contributed by atoms with Crippen LogP contribution in [0.2, 0.25) is 0 Å². The standard InChI is InChI=1S/C28H33N3O6/c1-35-22-10-5-9-21(17-22)26(33)30-14-12-28(13-15-30)31(27(34)20-7-3-2-4-8-20)24(19-37-28)25(32)29-18-23-11-6-16-36-23/h2-5,7-10,17,23-24H,6,11-16,18-19H2,1H3,(H,29,32). The van der Waals surface area contributed by atoms with Crippen molar-refractivity contribution in [2.24, 2.45) is 0 Å². The third-order valence-corrected chi connectivity index (χ3v) is 7.48. The molecule has 0 radical (unpaired) electrons. The highest BCUT2D eigenvalue weighted by molar-refractivity contribution is 5.98. The number of hydrogen-bond acceptors (Lipinski definition) is 6. The number of hydrogen-bond donors (Lipinski definition) is 1. The van der Waals surface area contributed by atoms with Crippen LogP contribution in [0.4, 0.5) is 0 Å². The number of amides is 3. The van der Waals surface area contributed by atoms with Crippen LogP contribution in [0.25, 0.3) is 0 Å². The molecule has 3 amide bonds. The summed E-state index contributed by atoms with van der Waals surface area (Å²) in [4.78, 5) is 43.6. The van der Waals surface area contributed by atoms with Gasteiger partial charge in [-0.15, -0.1) is 0 Å². The van der Waals surface area contributed by atoms with Gasteiger partial charge in [-0.3, -0.25) is 19.3 Å². The Labute approximate surface area is 216 Å². The maximum absolute atomic E-state index is 13.7. The number of methoxy groups -OCH3 is 1. The number of piperidine rings is 1. The number of rotatable bonds is 6. The maximum Gasteiger partial charge on any atom is 0.256 e. The van der Waals surface area contributed by atoms with E-state index < -0.39 is 11.8 Å². The zero-order valence-corrected chi connectivity index (χ0v) is 21.1. The molecule has 2 atom stereocenters. The Morgan fingerprint density at radius 2 is 1.78 bits per heavy atom. The molecule has 3 heterocycles. The number of carbonyl (C=O) groups excluding carboxylic acids is 3. The van der Waals surface area contributed by atoms with Crippen molar-refractivity contribution in [1.82, 2.24) is 15.1 Å². The van der Waals surface area contributed by atoms with Gasteiger partial charge in [-0.25, -0.2) is 0 Å². The Morgan fingerprint density at radius 1 is 1.03 bits per heavy atom. The van der Waals surface area contributed by atoms with Gasteiger partial charge in [0.1, 0.15) is 17.5 Å². The quantitative estimate of drug-likeness (QED) is 0.645. The van der Waals surface area contributed by atoms with E-state index in [1.807, 2.05) is 6.07 Å². The summed E-state index contributed by atoms with van der Waals surface area (Å²) in [5.74, 6) is 0.0305. The minimum absolute atomic E-state index is 0.00404. The van der Waals surface area contributed by atoms with Gasteiger partial charge in [-0.05, 0) is 43.2 Å². The number of carbonyl (C=O) groups is 3. The summed E-state index contributed by atoms with van der Waals surface area (Å²) < 4.78 is 17.2. The highest BCUT2D eigenvalue weighted by Gasteiger charge is 2.54. The van der Waals surface area contributed by atoms with Gasteiger partial charge in [0.05, 0.1) is 19.8 Å². The van der Waals surface area contributed by atoms with Crippen molar-refractivity contribution < 1.29 is 28.6 Å². The molecule has 9 nitrogen and oxygen atoms in total. The van der Waals surface area contributed by atoms with Crippen LogP contribution in [0.5, 0.6) is 5.75 Å². The lowest BCUT2D eigenvalue weighted by atomic mass is 9.96. The number of nitrogens with zero attached hydrogens (tertiary/aromatic N) is 2. The molecule has 3 saturated heterocycles. The topological polar surface area (TPSA) is 97.4 Å². The van der Waals surface area contributed by atoms with Crippen LogP contribution in [-0.2, 0) is 14.3 Å². The third-order valence-electron chi connectivity index (χ3n) is 7.48. The Morgan fingerprint density at radius 3 is 2.49 bits per heavy atom. The van der Waals surface area contributed by atoms with Crippen LogP contribution in [0.15, 0.2) is 54.6 Å². The van der Waals surface area contributed by atoms with Crippen LogP contribution in [0.1, 0.15) is 46.4 Å². The van der Waals surface area contributed by atoms with Gasteiger partial charge in [0, 0.05) is 50.2 Å². The maximum atomic E-state index is 13.7. The fourth-order valence-electron chi connectivity index (χ4n) is 5.42. The predicted octanol–water partition coefficient (Wildman–Crippen LogP) is 2.46. The Bertz CT molecular complexity index is 1130. The lowest BCUT2D eigenvalue weighted by Crippen LogP contribution is -2.60. The molecule has 5 rings (SSSR count). The number of benzene rings is 2. The summed E-state index contributed by atoms with van der Waals surface area (Å²) in [6.45, 7) is 2.04. The van der Waals surface area contributed by atoms with E-state index in [9.17, 15) is 14.4 Å². The molecule has 2 unspecified atom stereocenters. The molecule has 0 bridgehead atoms. The summed E-state index contributed by atoms with van der Waals surface area (Å²) in [6.07, 6.45) is 2.73. The fraction of sp³-hybridized carbons (Fsp3) is 0.464. The lowest BCUT2D eigenvalue weighted by molar-refractivity contribution is -0.128. The van der Waals surface area contributed by atoms with Crippen molar-refractivity contribution in [2.45, 2.75) is 43.6 Å². The van der Waals surface area contributed by atoms with Gasteiger partial charge in [-0.2, -0.15) is 0 Å². The zero-order chi connectivity index (χ0) is 25.8. The van der Waals surface area contributed by atoms with Gasteiger partial charge in [0.2, 0.25) is 5.91 Å². The number of ether oxygens (including phenoxy) is 3. The highest BCUT2D eigenvalue weighted by atomic mass is 16.5. The van der Waals surface area contributed by atoms with E-state index in [4.69, 9.17) is 14.2 Å². The molecule has 3 aliphatic rings. The Hall–Kier alpha value is -3.43. The highest BCUT2D eigenvalue weighted by Crippen LogP contribution is 2.39. The molecule has 0 saturated carbocycles. The average Bonchev–Trinajstić information content (AvgIpc) is 3.60. The van der Waals surface area contributed by atoms with Crippen LogP contribution < -0.4 is 10.1 Å². The largest absolute Gasteiger partial charge is 0.497 e. The van der Waals surface area contributed by atoms with Crippen molar-refractivity contribution in [3.63, 3.8) is 0 Å². The molecule has 1 N–H and O–H groups in total. The molecule has 9 heteroatoms. The van der Waals surface area contributed by atoms with Crippen molar-refractivity contribution in [3.05, 3.63) is 65.7 Å². The minimum atomic E-state index is -0.954. The van der Waals surface area contributed by atoms with Crippen LogP contribution in [0.3, 0.4) is 0 Å². The average molecular weight is 508 g/mol. The first kappa shape index (κ1) is 25.2. The number of likely N-dealkylation sites (tertiary alicyclic amines) is 1. The molecule has 3 aliphatic heterocycles. The monoisotopic (exact) mass is 507 g/mol. The van der Waals surface area contributed by atoms with Gasteiger partial charge in [0.15, 0.2) is 0 Å². The molecule has 1 spiro atoms. The first-order valence-electron chi connectivity index (χ1n) is 12.9. The van der Waals surface area contributed by atoms with E-state index in [1.165, 1.54) is 0 Å². The van der Waals surface area contributed by atoms with Gasteiger partial charge in [0.25, 0.3) is 11.8 Å². The first-order valence-corrected chi connectivity index (χ1v) is 12.9. The molecule has 0 aromatic heterocycles. The zero-order valence-electron chi connectivity index (χ0n) is 21.1. The summed E-state index contributed by atoms with van der Waals surface area (Å²) in [7, 11) is 1.57. The molecular weight excluding hydrogens is 474 g/mol. The minimum Gasteiger partial charge on any atom is -0.497 e. The predicted molar refractivity (Wildman–Crippen MR) is 135 cm³/mol. The van der Waals surface area contributed by atoms with Crippen molar-refractivity contribution >= 4 is 17.7 Å². The molecule has 3 fully saturated rings. The normalized spacial score (nSPS) is 22.7. The van der Waals surface area contributed by atoms with E-state index in [1.54, 1.807) is 65.4 Å². The molecular formula is C28H33N3O6. The Kier molecular flexibility index (Phi) is 7.43. The van der Waals surface area contributed by atoms with E-state index in [0.717, 1.165) is 12.8 Å². The SMILES string of the molecule is COc1cccc(C(=O)N2CCC3(CC2)OCC(C(=O)NCC2CCCO2)N3C(=O)c2ccccc2)c1. The van der Waals surface area contributed by atoms with Gasteiger partial charge >= 0.3 is 0 Å². The molecule has 196 valence electrons. The lowest BCUT2D eigenvalue weighted by Gasteiger charge is -2.44. The summed E-state index contributed by atoms with van der Waals surface area (Å²) >= 11 is 0. The van der Waals surface area contributed by atoms with Gasteiger partial charge in [-0.1, -0.05) is 24.3 Å². The first-order chi connectivity index (χ1) is 18.0. The van der Waals surface area contributed by atoms with Crippen molar-refractivity contribution in [2.75, 3.05) is 40.0 Å². The van der Waals surface area contributed by atoms with Crippen LogP contribution in [-0.4, -0.2) is 85.3 Å². The van der Waals surface area contributed by atoms with Crippen molar-refractivity contribution in [3.8, 4) is 5.75 Å². The van der Waals surface area contributed by atoms with E-state index in [0.29, 0.717) is 56.0 Å². The fourth-order valence-corrected chi connectivity index (χ4v) is 5.42. The molecule has 2 aromatic rings. The summed E-state index contributed by atoms with van der Waals surface area (Å²) in [6, 6.07) is 15.3. The van der Waals surface area contributed by atoms with Crippen LogP contribution in [0, 0.1) is 0 Å². The van der Waals surface area contributed by atoms with E-state index in [2.05, 4.69) is 5.32 Å². The second-order valence-corrected chi connectivity index (χ2v) is 9.72. The van der Waals surface area contributed by atoms with Crippen LogP contribution >= 0.6 is 0 Å². The second-order valence-electron chi connectivity index (χ2n) is 9.72. The number of nitrogens with one attached hydrogen (secondary N) is 1. The van der Waals surface area contributed by atoms with E-state index >= 15 is 0 Å².